The molecular weight excluding hydrogens is 352 g/mol. The Labute approximate surface area is 158 Å². The molecule has 1 aromatic carbocycles. The van der Waals surface area contributed by atoms with Crippen LogP contribution in [0.15, 0.2) is 29.1 Å². The summed E-state index contributed by atoms with van der Waals surface area (Å²) in [5.41, 5.74) is 0.651. The predicted octanol–water partition coefficient (Wildman–Crippen LogP) is 2.13. The van der Waals surface area contributed by atoms with Crippen molar-refractivity contribution in [3.8, 4) is 0 Å². The molecule has 2 aromatic rings. The van der Waals surface area contributed by atoms with Crippen LogP contribution >= 0.6 is 11.6 Å². The number of nitrogens with zero attached hydrogens (tertiary/aromatic N) is 3. The molecule has 0 radical (unpaired) electrons. The highest BCUT2D eigenvalue weighted by Crippen LogP contribution is 2.13. The number of carbonyl (C=O) groups is 1. The van der Waals surface area contributed by atoms with E-state index in [-0.39, 0.29) is 11.5 Å². The van der Waals surface area contributed by atoms with Crippen molar-refractivity contribution < 1.29 is 4.79 Å². The van der Waals surface area contributed by atoms with E-state index in [1.54, 1.807) is 4.68 Å². The van der Waals surface area contributed by atoms with Crippen LogP contribution in [0.25, 0.3) is 10.8 Å². The predicted molar refractivity (Wildman–Crippen MR) is 103 cm³/mol. The van der Waals surface area contributed by atoms with E-state index in [1.165, 1.54) is 12.8 Å². The van der Waals surface area contributed by atoms with Crippen LogP contribution in [0.4, 0.5) is 0 Å². The Balaban J connectivity index is 1.80. The highest BCUT2D eigenvalue weighted by molar-refractivity contribution is 6.17. The maximum Gasteiger partial charge on any atom is 0.274 e. The molecule has 0 unspecified atom stereocenters. The first-order chi connectivity index (χ1) is 12.7. The number of hydrogen-bond donors (Lipinski definition) is 1. The van der Waals surface area contributed by atoms with Crippen molar-refractivity contribution in [2.45, 2.75) is 38.8 Å². The Morgan fingerprint density at radius 3 is 2.62 bits per heavy atom. The smallest absolute Gasteiger partial charge is 0.274 e. The number of likely N-dealkylation sites (tertiary alicyclic amines) is 1. The second kappa shape index (κ2) is 9.14. The summed E-state index contributed by atoms with van der Waals surface area (Å²) >= 11 is 5.63. The quantitative estimate of drug-likeness (QED) is 0.717. The number of benzene rings is 1. The lowest BCUT2D eigenvalue weighted by atomic mass is 10.1. The Hall–Kier alpha value is -1.92. The average molecular weight is 377 g/mol. The van der Waals surface area contributed by atoms with Gasteiger partial charge >= 0.3 is 0 Å². The summed E-state index contributed by atoms with van der Waals surface area (Å²) in [5.74, 6) is 0.419. The second-order valence-corrected chi connectivity index (χ2v) is 7.02. The molecule has 1 aromatic heterocycles. The van der Waals surface area contributed by atoms with Gasteiger partial charge in [-0.25, -0.2) is 4.68 Å². The molecule has 0 atom stereocenters. The first-order valence-electron chi connectivity index (χ1n) is 9.23. The van der Waals surface area contributed by atoms with Gasteiger partial charge in [0.05, 0.1) is 24.2 Å². The molecule has 1 aliphatic rings. The monoisotopic (exact) mass is 376 g/mol. The van der Waals surface area contributed by atoms with E-state index >= 15 is 0 Å². The standard InChI is InChI=1S/C19H25ClN4O2/c20-9-5-8-18(25)21-14-17-15-6-1-2-7-16(15)19(26)24(22-17)13-12-23-10-3-4-11-23/h1-2,6-7H,3-5,8-14H2,(H,21,25). The van der Waals surface area contributed by atoms with Crippen LogP contribution in [0.5, 0.6) is 0 Å². The molecule has 6 nitrogen and oxygen atoms in total. The molecule has 1 fully saturated rings. The molecule has 1 saturated heterocycles. The van der Waals surface area contributed by atoms with E-state index in [2.05, 4.69) is 15.3 Å². The van der Waals surface area contributed by atoms with Crippen molar-refractivity contribution in [2.75, 3.05) is 25.5 Å². The molecule has 26 heavy (non-hydrogen) atoms. The molecule has 1 amide bonds. The number of aromatic nitrogens is 2. The summed E-state index contributed by atoms with van der Waals surface area (Å²) in [7, 11) is 0. The van der Waals surface area contributed by atoms with Gasteiger partial charge in [0.2, 0.25) is 5.91 Å². The van der Waals surface area contributed by atoms with Crippen molar-refractivity contribution in [2.24, 2.45) is 0 Å². The molecule has 0 spiro atoms. The molecule has 0 bridgehead atoms. The van der Waals surface area contributed by atoms with Gasteiger partial charge in [0.15, 0.2) is 0 Å². The van der Waals surface area contributed by atoms with Crippen LogP contribution in [-0.4, -0.2) is 46.1 Å². The van der Waals surface area contributed by atoms with E-state index in [0.29, 0.717) is 37.2 Å². The van der Waals surface area contributed by atoms with Crippen LogP contribution in [0.1, 0.15) is 31.4 Å². The lowest BCUT2D eigenvalue weighted by molar-refractivity contribution is -0.121. The van der Waals surface area contributed by atoms with Crippen LogP contribution in [0, 0.1) is 0 Å². The van der Waals surface area contributed by atoms with Gasteiger partial charge in [0.25, 0.3) is 5.56 Å². The molecular formula is C19H25ClN4O2. The third kappa shape index (κ3) is 4.62. The van der Waals surface area contributed by atoms with E-state index in [0.717, 1.165) is 30.7 Å². The van der Waals surface area contributed by atoms with Crippen LogP contribution in [-0.2, 0) is 17.9 Å². The van der Waals surface area contributed by atoms with Crippen molar-refractivity contribution in [3.05, 3.63) is 40.3 Å². The number of rotatable bonds is 8. The fourth-order valence-corrected chi connectivity index (χ4v) is 3.46. The number of halogens is 1. The normalized spacial score (nSPS) is 14.8. The fraction of sp³-hybridized carbons (Fsp3) is 0.526. The zero-order valence-electron chi connectivity index (χ0n) is 14.9. The topological polar surface area (TPSA) is 67.2 Å². The summed E-state index contributed by atoms with van der Waals surface area (Å²) < 4.78 is 1.54. The van der Waals surface area contributed by atoms with Gasteiger partial charge in [-0.1, -0.05) is 18.2 Å². The number of alkyl halides is 1. The largest absolute Gasteiger partial charge is 0.350 e. The third-order valence-electron chi connectivity index (χ3n) is 4.76. The third-order valence-corrected chi connectivity index (χ3v) is 5.03. The SMILES string of the molecule is O=C(CCCCl)NCc1nn(CCN2CCCC2)c(=O)c2ccccc12. The summed E-state index contributed by atoms with van der Waals surface area (Å²) in [6.07, 6.45) is 3.49. The van der Waals surface area contributed by atoms with Gasteiger partial charge in [0.1, 0.15) is 0 Å². The molecule has 3 rings (SSSR count). The minimum absolute atomic E-state index is 0.0497. The van der Waals surface area contributed by atoms with Gasteiger partial charge in [0, 0.05) is 24.2 Å². The van der Waals surface area contributed by atoms with Crippen LogP contribution < -0.4 is 10.9 Å². The number of fused-ring (bicyclic) bond motifs is 1. The highest BCUT2D eigenvalue weighted by atomic mass is 35.5. The molecule has 2 heterocycles. The molecule has 0 saturated carbocycles. The summed E-state index contributed by atoms with van der Waals surface area (Å²) in [4.78, 5) is 27.0. The van der Waals surface area contributed by atoms with E-state index in [1.807, 2.05) is 24.3 Å². The molecule has 140 valence electrons. The minimum atomic E-state index is -0.0722. The molecule has 1 N–H and O–H groups in total. The first-order valence-corrected chi connectivity index (χ1v) is 9.76. The Morgan fingerprint density at radius 1 is 1.15 bits per heavy atom. The number of carbonyl (C=O) groups excluding carboxylic acids is 1. The van der Waals surface area contributed by atoms with E-state index in [9.17, 15) is 9.59 Å². The molecule has 1 aliphatic heterocycles. The summed E-state index contributed by atoms with van der Waals surface area (Å²) in [6.45, 7) is 3.88. The van der Waals surface area contributed by atoms with E-state index in [4.69, 9.17) is 11.6 Å². The first kappa shape index (κ1) is 18.9. The summed E-state index contributed by atoms with van der Waals surface area (Å²) in [6, 6.07) is 7.45. The van der Waals surface area contributed by atoms with Gasteiger partial charge in [-0.2, -0.15) is 5.10 Å². The maximum absolute atomic E-state index is 12.7. The van der Waals surface area contributed by atoms with E-state index < -0.39 is 0 Å². The van der Waals surface area contributed by atoms with Crippen molar-refractivity contribution >= 4 is 28.3 Å². The Bertz CT molecular complexity index is 815. The maximum atomic E-state index is 12.7. The van der Waals surface area contributed by atoms with Gasteiger partial charge in [-0.15, -0.1) is 11.6 Å². The number of nitrogens with one attached hydrogen (secondary N) is 1. The van der Waals surface area contributed by atoms with Gasteiger partial charge < -0.3 is 10.2 Å². The van der Waals surface area contributed by atoms with Crippen molar-refractivity contribution in [1.82, 2.24) is 20.0 Å². The summed E-state index contributed by atoms with van der Waals surface area (Å²) in [5, 5.41) is 8.88. The minimum Gasteiger partial charge on any atom is -0.350 e. The Kier molecular flexibility index (Phi) is 6.63. The fourth-order valence-electron chi connectivity index (χ4n) is 3.33. The van der Waals surface area contributed by atoms with Gasteiger partial charge in [-0.05, 0) is 38.4 Å². The number of hydrogen-bond acceptors (Lipinski definition) is 4. The van der Waals surface area contributed by atoms with Crippen LogP contribution in [0.2, 0.25) is 0 Å². The molecule has 7 heteroatoms. The van der Waals surface area contributed by atoms with Crippen molar-refractivity contribution in [3.63, 3.8) is 0 Å². The van der Waals surface area contributed by atoms with Crippen LogP contribution in [0.3, 0.4) is 0 Å². The zero-order valence-corrected chi connectivity index (χ0v) is 15.7. The van der Waals surface area contributed by atoms with Crippen molar-refractivity contribution in [1.29, 1.82) is 0 Å². The Morgan fingerprint density at radius 2 is 1.88 bits per heavy atom. The number of amides is 1. The average Bonchev–Trinajstić information content (AvgIpc) is 3.18. The van der Waals surface area contributed by atoms with Gasteiger partial charge in [-0.3, -0.25) is 9.59 Å². The second-order valence-electron chi connectivity index (χ2n) is 6.64. The highest BCUT2D eigenvalue weighted by Gasteiger charge is 2.14. The zero-order chi connectivity index (χ0) is 18.4. The lowest BCUT2D eigenvalue weighted by Crippen LogP contribution is -2.32. The molecule has 0 aliphatic carbocycles. The lowest BCUT2D eigenvalue weighted by Gasteiger charge is -2.16.